The largest absolute Gasteiger partial charge is 0.491 e. The second-order valence-corrected chi connectivity index (χ2v) is 6.99. The number of aliphatic imine (C=N–C) groups is 1. The van der Waals surface area contributed by atoms with E-state index in [1.807, 2.05) is 6.92 Å². The van der Waals surface area contributed by atoms with Gasteiger partial charge in [0.1, 0.15) is 24.3 Å². The quantitative estimate of drug-likeness (QED) is 0.243. The number of benzene rings is 1. The van der Waals surface area contributed by atoms with Crippen molar-refractivity contribution in [3.05, 3.63) is 30.1 Å². The molecule has 28 heavy (non-hydrogen) atoms. The Morgan fingerprint density at radius 1 is 1.14 bits per heavy atom. The number of hydrogen-bond acceptors (Lipinski definition) is 4. The average Bonchev–Trinajstić information content (AvgIpc) is 2.61. The molecule has 0 spiro atoms. The molecule has 3 N–H and O–H groups in total. The van der Waals surface area contributed by atoms with Gasteiger partial charge < -0.3 is 20.5 Å². The lowest BCUT2D eigenvalue weighted by atomic mass is 10.2. The highest BCUT2D eigenvalue weighted by atomic mass is 127. The summed E-state index contributed by atoms with van der Waals surface area (Å²) in [7, 11) is 0. The fourth-order valence-electron chi connectivity index (χ4n) is 2.73. The molecule has 0 aliphatic heterocycles. The van der Waals surface area contributed by atoms with E-state index in [0.29, 0.717) is 23.8 Å². The van der Waals surface area contributed by atoms with Gasteiger partial charge in [0, 0.05) is 31.7 Å². The molecule has 0 saturated carbocycles. The smallest absolute Gasteiger partial charge is 0.191 e. The Morgan fingerprint density at radius 3 is 2.29 bits per heavy atom. The Hall–Kier alpha value is -1.13. The van der Waals surface area contributed by atoms with Crippen LogP contribution < -0.4 is 15.4 Å². The molecule has 8 heteroatoms. The van der Waals surface area contributed by atoms with Gasteiger partial charge in [0.2, 0.25) is 0 Å². The Balaban J connectivity index is 0.00000729. The molecule has 6 nitrogen and oxygen atoms in total. The van der Waals surface area contributed by atoms with Gasteiger partial charge in [0.05, 0.1) is 6.54 Å². The molecule has 1 aromatic rings. The number of aliphatic hydroxyl groups excluding tert-OH is 1. The molecule has 0 saturated heterocycles. The SMILES string of the molecule is CCNC(=NCC(O)COc1ccc(F)cc1)NCCN(C(C)C)C(C)C.I. The molecule has 1 atom stereocenters. The predicted molar refractivity (Wildman–Crippen MR) is 124 cm³/mol. The lowest BCUT2D eigenvalue weighted by molar-refractivity contribution is 0.114. The van der Waals surface area contributed by atoms with Crippen molar-refractivity contribution in [1.29, 1.82) is 0 Å². The van der Waals surface area contributed by atoms with Crippen molar-refractivity contribution in [1.82, 2.24) is 15.5 Å². The van der Waals surface area contributed by atoms with Gasteiger partial charge in [-0.3, -0.25) is 9.89 Å². The molecule has 0 bridgehead atoms. The van der Waals surface area contributed by atoms with Gasteiger partial charge in [-0.05, 0) is 58.9 Å². The van der Waals surface area contributed by atoms with Crippen molar-refractivity contribution >= 4 is 29.9 Å². The van der Waals surface area contributed by atoms with Crippen LogP contribution in [0.2, 0.25) is 0 Å². The zero-order valence-corrected chi connectivity index (χ0v) is 19.9. The number of halogens is 2. The van der Waals surface area contributed by atoms with Crippen molar-refractivity contribution in [2.45, 2.75) is 52.8 Å². The molecule has 1 unspecified atom stereocenters. The Labute approximate surface area is 186 Å². The average molecular weight is 510 g/mol. The Kier molecular flexibility index (Phi) is 14.2. The number of guanidine groups is 1. The summed E-state index contributed by atoms with van der Waals surface area (Å²) >= 11 is 0. The predicted octanol–water partition coefficient (Wildman–Crippen LogP) is 2.86. The maximum Gasteiger partial charge on any atom is 0.191 e. The first-order valence-electron chi connectivity index (χ1n) is 9.67. The van der Waals surface area contributed by atoms with E-state index in [9.17, 15) is 9.50 Å². The molecule has 0 amide bonds. The standard InChI is InChI=1S/C20H35FN4O2.HI/c1-6-22-20(23-11-12-25(15(2)3)16(4)5)24-13-18(26)14-27-19-9-7-17(21)8-10-19;/h7-10,15-16,18,26H,6,11-14H2,1-5H3,(H2,22,23,24);1H. The van der Waals surface area contributed by atoms with E-state index in [0.717, 1.165) is 19.6 Å². The highest BCUT2D eigenvalue weighted by Crippen LogP contribution is 2.11. The van der Waals surface area contributed by atoms with Crippen LogP contribution in [0.15, 0.2) is 29.3 Å². The van der Waals surface area contributed by atoms with Crippen LogP contribution in [0.4, 0.5) is 4.39 Å². The molecular formula is C20H36FIN4O2. The molecule has 0 aliphatic carbocycles. The third-order valence-electron chi connectivity index (χ3n) is 4.05. The van der Waals surface area contributed by atoms with E-state index in [-0.39, 0.29) is 42.9 Å². The van der Waals surface area contributed by atoms with E-state index >= 15 is 0 Å². The fourth-order valence-corrected chi connectivity index (χ4v) is 2.73. The second-order valence-electron chi connectivity index (χ2n) is 6.99. The normalized spacial score (nSPS) is 12.9. The van der Waals surface area contributed by atoms with E-state index in [1.54, 1.807) is 0 Å². The summed E-state index contributed by atoms with van der Waals surface area (Å²) in [4.78, 5) is 6.82. The number of nitrogens with one attached hydrogen (secondary N) is 2. The first-order valence-corrected chi connectivity index (χ1v) is 9.67. The monoisotopic (exact) mass is 510 g/mol. The summed E-state index contributed by atoms with van der Waals surface area (Å²) in [6.45, 7) is 13.5. The van der Waals surface area contributed by atoms with Gasteiger partial charge in [-0.25, -0.2) is 4.39 Å². The summed E-state index contributed by atoms with van der Waals surface area (Å²) < 4.78 is 18.3. The van der Waals surface area contributed by atoms with Crippen molar-refractivity contribution in [2.24, 2.45) is 4.99 Å². The highest BCUT2D eigenvalue weighted by molar-refractivity contribution is 14.0. The lowest BCUT2D eigenvalue weighted by Gasteiger charge is -2.30. The van der Waals surface area contributed by atoms with Crippen LogP contribution in [-0.2, 0) is 0 Å². The van der Waals surface area contributed by atoms with Crippen molar-refractivity contribution < 1.29 is 14.2 Å². The maximum absolute atomic E-state index is 12.9. The second kappa shape index (κ2) is 14.8. The minimum Gasteiger partial charge on any atom is -0.491 e. The number of rotatable bonds is 11. The number of aliphatic hydroxyl groups is 1. The topological polar surface area (TPSA) is 69.1 Å². The molecule has 0 aromatic heterocycles. The van der Waals surface area contributed by atoms with Crippen molar-refractivity contribution in [3.8, 4) is 5.75 Å². The van der Waals surface area contributed by atoms with Gasteiger partial charge in [0.15, 0.2) is 5.96 Å². The third-order valence-corrected chi connectivity index (χ3v) is 4.05. The zero-order valence-electron chi connectivity index (χ0n) is 17.6. The van der Waals surface area contributed by atoms with Gasteiger partial charge >= 0.3 is 0 Å². The molecule has 0 fully saturated rings. The minimum absolute atomic E-state index is 0. The van der Waals surface area contributed by atoms with Gasteiger partial charge in [-0.1, -0.05) is 0 Å². The van der Waals surface area contributed by atoms with Crippen molar-refractivity contribution in [3.63, 3.8) is 0 Å². The van der Waals surface area contributed by atoms with Crippen LogP contribution in [0.1, 0.15) is 34.6 Å². The maximum atomic E-state index is 12.9. The van der Waals surface area contributed by atoms with Crippen molar-refractivity contribution in [2.75, 3.05) is 32.8 Å². The summed E-state index contributed by atoms with van der Waals surface area (Å²) in [5, 5.41) is 16.5. The lowest BCUT2D eigenvalue weighted by Crippen LogP contribution is -2.45. The van der Waals surface area contributed by atoms with E-state index in [1.165, 1.54) is 24.3 Å². The minimum atomic E-state index is -0.742. The van der Waals surface area contributed by atoms with Crippen LogP contribution in [0.25, 0.3) is 0 Å². The molecule has 1 rings (SSSR count). The molecule has 0 aliphatic rings. The van der Waals surface area contributed by atoms with Gasteiger partial charge in [-0.2, -0.15) is 0 Å². The Bertz CT molecular complexity index is 548. The van der Waals surface area contributed by atoms with Crippen LogP contribution in [0, 0.1) is 5.82 Å². The van der Waals surface area contributed by atoms with E-state index in [2.05, 4.69) is 48.2 Å². The summed E-state index contributed by atoms with van der Waals surface area (Å²) in [6, 6.07) is 6.68. The fraction of sp³-hybridized carbons (Fsp3) is 0.650. The Morgan fingerprint density at radius 2 is 1.75 bits per heavy atom. The molecular weight excluding hydrogens is 474 g/mol. The van der Waals surface area contributed by atoms with Crippen LogP contribution in [0.3, 0.4) is 0 Å². The van der Waals surface area contributed by atoms with E-state index in [4.69, 9.17) is 4.74 Å². The summed E-state index contributed by atoms with van der Waals surface area (Å²) in [5.74, 6) is 0.875. The molecule has 162 valence electrons. The molecule has 0 radical (unpaired) electrons. The first kappa shape index (κ1) is 26.9. The first-order chi connectivity index (χ1) is 12.8. The molecule has 1 aromatic carbocycles. The number of nitrogens with zero attached hydrogens (tertiary/aromatic N) is 2. The highest BCUT2D eigenvalue weighted by Gasteiger charge is 2.13. The summed E-state index contributed by atoms with van der Waals surface area (Å²) in [6.07, 6.45) is -0.742. The number of ether oxygens (including phenoxy) is 1. The van der Waals surface area contributed by atoms with Gasteiger partial charge in [-0.15, -0.1) is 24.0 Å². The molecule has 0 heterocycles. The third kappa shape index (κ3) is 11.0. The summed E-state index contributed by atoms with van der Waals surface area (Å²) in [5.41, 5.74) is 0. The zero-order chi connectivity index (χ0) is 20.2. The van der Waals surface area contributed by atoms with E-state index < -0.39 is 6.10 Å². The van der Waals surface area contributed by atoms with Crippen LogP contribution in [0.5, 0.6) is 5.75 Å². The van der Waals surface area contributed by atoms with Crippen LogP contribution >= 0.6 is 24.0 Å². The van der Waals surface area contributed by atoms with Crippen LogP contribution in [-0.4, -0.2) is 66.9 Å². The number of hydrogen-bond donors (Lipinski definition) is 3. The van der Waals surface area contributed by atoms with Gasteiger partial charge in [0.25, 0.3) is 0 Å².